The number of nitriles is 1. The molecule has 2 aromatic rings. The van der Waals surface area contributed by atoms with Crippen molar-refractivity contribution in [3.8, 4) is 29.4 Å². The van der Waals surface area contributed by atoms with Crippen LogP contribution in [0.1, 0.15) is 36.0 Å². The average Bonchev–Trinajstić information content (AvgIpc) is 2.89. The number of unbranched alkanes of at least 4 members (excludes halogenated alkanes) is 2. The first-order valence-electron chi connectivity index (χ1n) is 9.62. The highest BCUT2D eigenvalue weighted by Gasteiger charge is 2.25. The lowest BCUT2D eigenvalue weighted by molar-refractivity contribution is -0.116. The first-order chi connectivity index (χ1) is 14.6. The van der Waals surface area contributed by atoms with Crippen molar-refractivity contribution in [1.29, 1.82) is 5.26 Å². The first kappa shape index (κ1) is 21.0. The van der Waals surface area contributed by atoms with Crippen LogP contribution in [-0.4, -0.2) is 39.4 Å². The molecule has 0 spiro atoms. The second kappa shape index (κ2) is 9.62. The fourth-order valence-corrected chi connectivity index (χ4v) is 3.22. The number of anilines is 1. The fourth-order valence-electron chi connectivity index (χ4n) is 3.22. The van der Waals surface area contributed by atoms with Crippen molar-refractivity contribution in [3.05, 3.63) is 53.1 Å². The van der Waals surface area contributed by atoms with Crippen molar-refractivity contribution >= 4 is 17.3 Å². The van der Waals surface area contributed by atoms with Crippen molar-refractivity contribution in [2.45, 2.75) is 19.3 Å². The van der Waals surface area contributed by atoms with Gasteiger partial charge in [-0.15, -0.1) is 0 Å². The lowest BCUT2D eigenvalue weighted by atomic mass is 9.98. The van der Waals surface area contributed by atoms with Gasteiger partial charge >= 0.3 is 0 Å². The Morgan fingerprint density at radius 1 is 1.13 bits per heavy atom. The minimum Gasteiger partial charge on any atom is -0.493 e. The molecular weight excluding hydrogens is 378 g/mol. The predicted octanol–water partition coefficient (Wildman–Crippen LogP) is 3.56. The van der Waals surface area contributed by atoms with Crippen LogP contribution in [0, 0.1) is 23.2 Å². The van der Waals surface area contributed by atoms with E-state index in [2.05, 4.69) is 22.9 Å². The molecule has 1 heterocycles. The molecule has 0 aliphatic carbocycles. The number of ether oxygens (including phenoxy) is 2. The van der Waals surface area contributed by atoms with E-state index in [-0.39, 0.29) is 12.5 Å². The van der Waals surface area contributed by atoms with E-state index in [4.69, 9.17) is 14.7 Å². The van der Waals surface area contributed by atoms with Crippen LogP contribution >= 0.6 is 0 Å². The number of rotatable bonds is 5. The Labute approximate surface area is 176 Å². The van der Waals surface area contributed by atoms with E-state index in [0.29, 0.717) is 35.7 Å². The summed E-state index contributed by atoms with van der Waals surface area (Å²) in [4.78, 5) is 18.7. The Kier molecular flexibility index (Phi) is 6.72. The highest BCUT2D eigenvalue weighted by atomic mass is 16.5. The number of benzene rings is 2. The molecule has 0 aromatic heterocycles. The average molecular weight is 401 g/mol. The molecule has 6 heteroatoms. The molecule has 1 aliphatic rings. The van der Waals surface area contributed by atoms with Gasteiger partial charge in [0.25, 0.3) is 0 Å². The highest BCUT2D eigenvalue weighted by Crippen LogP contribution is 2.37. The maximum Gasteiger partial charge on any atom is 0.248 e. The maximum atomic E-state index is 12.5. The van der Waals surface area contributed by atoms with Crippen LogP contribution in [0.5, 0.6) is 11.5 Å². The number of fused-ring (bicyclic) bond motifs is 1. The third kappa shape index (κ3) is 4.45. The topological polar surface area (TPSA) is 74.9 Å². The van der Waals surface area contributed by atoms with Gasteiger partial charge in [-0.25, -0.2) is 0 Å². The molecule has 2 aromatic carbocycles. The Hall–Kier alpha value is -3.77. The molecule has 0 bridgehead atoms. The molecule has 6 nitrogen and oxygen atoms in total. The summed E-state index contributed by atoms with van der Waals surface area (Å²) in [6.45, 7) is 0.0508. The summed E-state index contributed by atoms with van der Waals surface area (Å²) in [5, 5.41) is 8.62. The second-order valence-corrected chi connectivity index (χ2v) is 6.74. The monoisotopic (exact) mass is 401 g/mol. The van der Waals surface area contributed by atoms with Crippen LogP contribution in [0.2, 0.25) is 0 Å². The summed E-state index contributed by atoms with van der Waals surface area (Å²) in [5.41, 5.74) is 3.94. The minimum absolute atomic E-state index is 0.0508. The van der Waals surface area contributed by atoms with Crippen molar-refractivity contribution < 1.29 is 14.3 Å². The lowest BCUT2D eigenvalue weighted by Gasteiger charge is -2.20. The van der Waals surface area contributed by atoms with Crippen LogP contribution in [0.3, 0.4) is 0 Å². The number of nitrogens with zero attached hydrogens (tertiary/aromatic N) is 3. The molecule has 30 heavy (non-hydrogen) atoms. The van der Waals surface area contributed by atoms with Gasteiger partial charge in [0.2, 0.25) is 5.91 Å². The Morgan fingerprint density at radius 3 is 2.63 bits per heavy atom. The molecule has 0 fully saturated rings. The van der Waals surface area contributed by atoms with Crippen molar-refractivity contribution in [2.24, 2.45) is 4.99 Å². The summed E-state index contributed by atoms with van der Waals surface area (Å²) in [6.07, 6.45) is 1.95. The summed E-state index contributed by atoms with van der Waals surface area (Å²) in [6, 6.07) is 13.6. The third-order valence-electron chi connectivity index (χ3n) is 4.82. The predicted molar refractivity (Wildman–Crippen MR) is 116 cm³/mol. The van der Waals surface area contributed by atoms with Crippen molar-refractivity contribution in [1.82, 2.24) is 0 Å². The minimum atomic E-state index is -0.105. The van der Waals surface area contributed by atoms with Gasteiger partial charge in [-0.05, 0) is 24.6 Å². The maximum absolute atomic E-state index is 12.5. The lowest BCUT2D eigenvalue weighted by Crippen LogP contribution is -2.27. The molecule has 0 atom stereocenters. The Morgan fingerprint density at radius 2 is 1.90 bits per heavy atom. The van der Waals surface area contributed by atoms with Crippen LogP contribution in [0.15, 0.2) is 41.4 Å². The number of likely N-dealkylation sites (N-methyl/N-ethyl adjacent to an activating group) is 1. The van der Waals surface area contributed by atoms with Crippen LogP contribution in [-0.2, 0) is 4.79 Å². The van der Waals surface area contributed by atoms with E-state index in [1.807, 2.05) is 30.3 Å². The van der Waals surface area contributed by atoms with E-state index < -0.39 is 0 Å². The van der Waals surface area contributed by atoms with Gasteiger partial charge in [0.05, 0.1) is 31.7 Å². The van der Waals surface area contributed by atoms with Gasteiger partial charge in [-0.3, -0.25) is 9.79 Å². The van der Waals surface area contributed by atoms with Gasteiger partial charge in [0, 0.05) is 42.6 Å². The number of amides is 1. The van der Waals surface area contributed by atoms with Gasteiger partial charge in [-0.2, -0.15) is 5.26 Å². The number of carbonyl (C=O) groups excluding carboxylic acids is 1. The molecule has 1 amide bonds. The van der Waals surface area contributed by atoms with E-state index in [1.165, 1.54) is 0 Å². The quantitative estimate of drug-likeness (QED) is 0.567. The molecule has 1 aliphatic heterocycles. The first-order valence-corrected chi connectivity index (χ1v) is 9.62. The fraction of sp³-hybridized carbons (Fsp3) is 0.292. The molecule has 0 saturated heterocycles. The zero-order chi connectivity index (χ0) is 21.5. The number of hydrogen-bond acceptors (Lipinski definition) is 5. The van der Waals surface area contributed by atoms with Crippen LogP contribution in [0.25, 0.3) is 0 Å². The summed E-state index contributed by atoms with van der Waals surface area (Å²) < 4.78 is 10.9. The Bertz CT molecular complexity index is 1090. The number of aliphatic imine (C=N–C) groups is 1. The van der Waals surface area contributed by atoms with E-state index in [9.17, 15) is 4.79 Å². The number of hydrogen-bond donors (Lipinski definition) is 0. The van der Waals surface area contributed by atoms with E-state index >= 15 is 0 Å². The second-order valence-electron chi connectivity index (χ2n) is 6.74. The third-order valence-corrected chi connectivity index (χ3v) is 4.82. The SMILES string of the molecule is COc1cc2c(cc1OC)N(C)C(=O)CN=C2c1cccc(C#CCCCC#N)c1. The van der Waals surface area contributed by atoms with Crippen LogP contribution in [0.4, 0.5) is 5.69 Å². The molecule has 0 saturated carbocycles. The van der Waals surface area contributed by atoms with Gasteiger partial charge in [0.1, 0.15) is 6.54 Å². The molecule has 0 radical (unpaired) electrons. The summed E-state index contributed by atoms with van der Waals surface area (Å²) in [5.74, 6) is 7.27. The number of benzodiazepines with no additional fused rings is 1. The molecule has 152 valence electrons. The summed E-state index contributed by atoms with van der Waals surface area (Å²) in [7, 11) is 4.88. The van der Waals surface area contributed by atoms with Crippen LogP contribution < -0.4 is 14.4 Å². The smallest absolute Gasteiger partial charge is 0.248 e. The van der Waals surface area contributed by atoms with Gasteiger partial charge < -0.3 is 14.4 Å². The summed E-state index contributed by atoms with van der Waals surface area (Å²) >= 11 is 0. The largest absolute Gasteiger partial charge is 0.493 e. The van der Waals surface area contributed by atoms with Gasteiger partial charge in [-0.1, -0.05) is 24.0 Å². The number of methoxy groups -OCH3 is 2. The molecular formula is C24H23N3O3. The normalized spacial score (nSPS) is 12.7. The van der Waals surface area contributed by atoms with E-state index in [1.54, 1.807) is 32.2 Å². The van der Waals surface area contributed by atoms with Crippen molar-refractivity contribution in [2.75, 3.05) is 32.7 Å². The van der Waals surface area contributed by atoms with Crippen molar-refractivity contribution in [3.63, 3.8) is 0 Å². The zero-order valence-corrected chi connectivity index (χ0v) is 17.4. The van der Waals surface area contributed by atoms with Gasteiger partial charge in [0.15, 0.2) is 11.5 Å². The standard InChI is InChI=1S/C24H23N3O3/c1-27-20-15-22(30-3)21(29-2)14-19(20)24(26-16-23(27)28)18-11-8-10-17(13-18)9-6-4-5-7-12-25/h8,10-11,13-15H,4-5,7,16H2,1-3H3. The van der Waals surface area contributed by atoms with E-state index in [0.717, 1.165) is 23.1 Å². The zero-order valence-electron chi connectivity index (χ0n) is 17.4. The Balaban J connectivity index is 2.04. The molecule has 0 N–H and O–H groups in total. The highest BCUT2D eigenvalue weighted by molar-refractivity contribution is 6.20. The molecule has 3 rings (SSSR count). The number of carbonyl (C=O) groups is 1. The molecule has 0 unspecified atom stereocenters.